The van der Waals surface area contributed by atoms with Crippen LogP contribution in [0.4, 0.5) is 5.69 Å². The van der Waals surface area contributed by atoms with Crippen LogP contribution in [0.1, 0.15) is 33.9 Å². The first-order valence-electron chi connectivity index (χ1n) is 13.4. The Bertz CT molecular complexity index is 1640. The number of carbonyl (C=O) groups excluding carboxylic acids is 1. The second kappa shape index (κ2) is 13.3. The highest BCUT2D eigenvalue weighted by Gasteiger charge is 2.58. The van der Waals surface area contributed by atoms with Crippen LogP contribution in [0, 0.1) is 0 Å². The number of aromatic nitrogens is 2. The summed E-state index contributed by atoms with van der Waals surface area (Å²) in [5.41, 5.74) is -1.20. The molecule has 0 spiro atoms. The van der Waals surface area contributed by atoms with Gasteiger partial charge in [-0.3, -0.25) is 24.1 Å². The molecule has 240 valence electrons. The molecule has 0 bridgehead atoms. The molecule has 7 atom stereocenters. The highest BCUT2D eigenvalue weighted by molar-refractivity contribution is 7.48. The Hall–Kier alpha value is -3.44. The van der Waals surface area contributed by atoms with E-state index in [0.29, 0.717) is 5.69 Å². The van der Waals surface area contributed by atoms with E-state index in [1.807, 2.05) is 35.3 Å². The molecule has 0 aliphatic carbocycles. The van der Waals surface area contributed by atoms with Gasteiger partial charge in [-0.15, -0.1) is 0 Å². The van der Waals surface area contributed by atoms with E-state index in [2.05, 4.69) is 4.89 Å². The predicted octanol–water partition coefficient (Wildman–Crippen LogP) is 1.50. The summed E-state index contributed by atoms with van der Waals surface area (Å²) in [7, 11) is -4.38. The number of benzene rings is 2. The van der Waals surface area contributed by atoms with Gasteiger partial charge in [-0.1, -0.05) is 36.4 Å². The number of hydrogen-bond acceptors (Lipinski definition) is 13. The van der Waals surface area contributed by atoms with Gasteiger partial charge >= 0.3 is 19.5 Å². The predicted molar refractivity (Wildman–Crippen MR) is 153 cm³/mol. The Labute approximate surface area is 250 Å². The van der Waals surface area contributed by atoms with Gasteiger partial charge in [0.05, 0.1) is 18.9 Å². The molecule has 2 heterocycles. The third kappa shape index (κ3) is 7.10. The molecule has 2 aromatic carbocycles. The second-order valence-corrected chi connectivity index (χ2v) is 11.6. The number of phosphoric ester groups is 1. The number of nitrogens with zero attached hydrogens (tertiary/aromatic N) is 2. The Kier molecular flexibility index (Phi) is 10.1. The first kappa shape index (κ1) is 33.5. The van der Waals surface area contributed by atoms with Crippen molar-refractivity contribution in [1.29, 1.82) is 0 Å². The maximum absolute atomic E-state index is 13.3. The molecule has 4 N–H and O–H groups in total. The van der Waals surface area contributed by atoms with Gasteiger partial charge in [-0.2, -0.15) is 4.89 Å². The SMILES string of the molecule is COO[C@@](C)(OP(=O)(O)OC(=O)[C@H](C)N(OC(C)C)c1cccc2ccccc12)[C@H]1O[C@@H](n2ccc(=O)[nH]c2=O)[C@@H](O)[C@@H]1O. The standard InChI is InChI=1S/C27H34N3O13P/c1-15(2)40-30(19-12-8-10-17-9-6-7-11-18(17)19)16(3)25(34)41-44(36,37)43-27(4,42-38-5)23-21(32)22(33)24(39-23)29-14-13-20(31)28-26(29)35/h6-16,21-24,32-33H,1-5H3,(H,36,37)(H,28,31,35)/t16-,21-,22-,23-,24+,27-/m0/s1. The van der Waals surface area contributed by atoms with Gasteiger partial charge in [0.15, 0.2) is 12.3 Å². The van der Waals surface area contributed by atoms with Crippen molar-refractivity contribution >= 4 is 30.3 Å². The van der Waals surface area contributed by atoms with Gasteiger partial charge in [0, 0.05) is 17.6 Å². The molecule has 1 unspecified atom stereocenters. The van der Waals surface area contributed by atoms with E-state index >= 15 is 0 Å². The summed E-state index contributed by atoms with van der Waals surface area (Å²) in [6, 6.07) is 12.4. The molecule has 3 aromatic rings. The Morgan fingerprint density at radius 3 is 2.43 bits per heavy atom. The van der Waals surface area contributed by atoms with Crippen LogP contribution in [0.25, 0.3) is 10.8 Å². The molecule has 1 aliphatic heterocycles. The average molecular weight is 640 g/mol. The van der Waals surface area contributed by atoms with Crippen molar-refractivity contribution < 1.29 is 52.9 Å². The maximum atomic E-state index is 13.3. The third-order valence-electron chi connectivity index (χ3n) is 6.65. The largest absolute Gasteiger partial charge is 0.532 e. The molecule has 0 radical (unpaired) electrons. The molecule has 1 aromatic heterocycles. The van der Waals surface area contributed by atoms with Crippen LogP contribution < -0.4 is 16.3 Å². The van der Waals surface area contributed by atoms with Crippen LogP contribution >= 0.6 is 7.82 Å². The van der Waals surface area contributed by atoms with E-state index in [9.17, 15) is 34.1 Å². The van der Waals surface area contributed by atoms with Crippen molar-refractivity contribution in [2.45, 2.75) is 70.2 Å². The smallest absolute Gasteiger partial charge is 0.387 e. The number of H-pyrrole nitrogens is 1. The zero-order valence-electron chi connectivity index (χ0n) is 24.4. The lowest BCUT2D eigenvalue weighted by Crippen LogP contribution is -2.50. The topological polar surface area (TPSA) is 208 Å². The van der Waals surface area contributed by atoms with E-state index in [-0.39, 0.29) is 0 Å². The van der Waals surface area contributed by atoms with E-state index in [4.69, 9.17) is 23.5 Å². The van der Waals surface area contributed by atoms with Crippen LogP contribution in [-0.2, 0) is 37.8 Å². The zero-order chi connectivity index (χ0) is 32.4. The van der Waals surface area contributed by atoms with Crippen LogP contribution in [0.5, 0.6) is 0 Å². The Morgan fingerprint density at radius 1 is 1.09 bits per heavy atom. The summed E-state index contributed by atoms with van der Waals surface area (Å²) in [5.74, 6) is -3.73. The fourth-order valence-electron chi connectivity index (χ4n) is 4.75. The molecule has 4 rings (SSSR count). The monoisotopic (exact) mass is 639 g/mol. The van der Waals surface area contributed by atoms with Gasteiger partial charge in [-0.05, 0) is 39.1 Å². The molecule has 1 fully saturated rings. The molecular weight excluding hydrogens is 605 g/mol. The first-order chi connectivity index (χ1) is 20.7. The van der Waals surface area contributed by atoms with Gasteiger partial charge in [0.25, 0.3) is 5.56 Å². The van der Waals surface area contributed by atoms with Gasteiger partial charge in [-0.25, -0.2) is 28.6 Å². The van der Waals surface area contributed by atoms with E-state index in [1.54, 1.807) is 26.0 Å². The van der Waals surface area contributed by atoms with E-state index < -0.39 is 67.5 Å². The summed E-state index contributed by atoms with van der Waals surface area (Å²) in [6.45, 7) is 5.88. The van der Waals surface area contributed by atoms with Crippen molar-refractivity contribution in [3.63, 3.8) is 0 Å². The second-order valence-electron chi connectivity index (χ2n) is 10.3. The fraction of sp³-hybridized carbons (Fsp3) is 0.444. The first-order valence-corrected chi connectivity index (χ1v) is 14.9. The van der Waals surface area contributed by atoms with Crippen molar-refractivity contribution in [3.05, 3.63) is 75.6 Å². The number of fused-ring (bicyclic) bond motifs is 1. The lowest BCUT2D eigenvalue weighted by Gasteiger charge is -2.35. The van der Waals surface area contributed by atoms with Crippen LogP contribution in [0.15, 0.2) is 64.3 Å². The molecule has 1 aliphatic rings. The highest BCUT2D eigenvalue weighted by Crippen LogP contribution is 2.51. The minimum atomic E-state index is -5.40. The third-order valence-corrected chi connectivity index (χ3v) is 7.66. The van der Waals surface area contributed by atoms with E-state index in [0.717, 1.165) is 41.6 Å². The number of aromatic amines is 1. The average Bonchev–Trinajstić information content (AvgIpc) is 3.25. The maximum Gasteiger partial charge on any atom is 0.532 e. The summed E-state index contributed by atoms with van der Waals surface area (Å²) in [5, 5.41) is 24.2. The quantitative estimate of drug-likeness (QED) is 0.0959. The number of hydrogen-bond donors (Lipinski definition) is 4. The van der Waals surface area contributed by atoms with Crippen molar-refractivity contribution in [2.75, 3.05) is 12.2 Å². The molecule has 17 heteroatoms. The number of hydroxylamine groups is 1. The number of phosphoric acid groups is 1. The van der Waals surface area contributed by atoms with Crippen molar-refractivity contribution in [1.82, 2.24) is 9.55 Å². The van der Waals surface area contributed by atoms with Crippen LogP contribution in [0.2, 0.25) is 0 Å². The summed E-state index contributed by atoms with van der Waals surface area (Å²) >= 11 is 0. The molecule has 0 saturated carbocycles. The number of rotatable bonds is 12. The van der Waals surface area contributed by atoms with Gasteiger partial charge in [0.1, 0.15) is 18.3 Å². The van der Waals surface area contributed by atoms with Gasteiger partial charge < -0.3 is 19.5 Å². The number of anilines is 1. The fourth-order valence-corrected chi connectivity index (χ4v) is 5.76. The lowest BCUT2D eigenvalue weighted by atomic mass is 10.0. The number of carbonyl (C=O) groups is 1. The van der Waals surface area contributed by atoms with E-state index in [1.165, 1.54) is 12.0 Å². The normalized spacial score (nSPS) is 23.7. The molecule has 16 nitrogen and oxygen atoms in total. The Balaban J connectivity index is 1.57. The lowest BCUT2D eigenvalue weighted by molar-refractivity contribution is -0.420. The summed E-state index contributed by atoms with van der Waals surface area (Å²) in [6.07, 6.45) is -6.49. The number of aliphatic hydroxyl groups is 2. The minimum absolute atomic E-state index is 0.407. The number of aliphatic hydroxyl groups excluding tert-OH is 2. The molecule has 1 saturated heterocycles. The summed E-state index contributed by atoms with van der Waals surface area (Å²) in [4.78, 5) is 65.2. The van der Waals surface area contributed by atoms with Crippen LogP contribution in [0.3, 0.4) is 0 Å². The summed E-state index contributed by atoms with van der Waals surface area (Å²) < 4.78 is 29.7. The zero-order valence-corrected chi connectivity index (χ0v) is 25.3. The molecule has 44 heavy (non-hydrogen) atoms. The van der Waals surface area contributed by atoms with Gasteiger partial charge in [0.2, 0.25) is 5.79 Å². The van der Waals surface area contributed by atoms with Crippen molar-refractivity contribution in [3.8, 4) is 0 Å². The molecule has 0 amide bonds. The van der Waals surface area contributed by atoms with Crippen molar-refractivity contribution in [2.24, 2.45) is 0 Å². The molecular formula is C27H34N3O13P. The van der Waals surface area contributed by atoms with Crippen LogP contribution in [-0.4, -0.2) is 74.0 Å². The number of nitrogens with one attached hydrogen (secondary N) is 1. The minimum Gasteiger partial charge on any atom is -0.387 e. The Morgan fingerprint density at radius 2 is 1.77 bits per heavy atom. The number of ether oxygens (including phenoxy) is 1. The highest BCUT2D eigenvalue weighted by atomic mass is 31.2.